The fourth-order valence-electron chi connectivity index (χ4n) is 2.81. The predicted molar refractivity (Wildman–Crippen MR) is 68.3 cm³/mol. The first kappa shape index (κ1) is 13.8. The summed E-state index contributed by atoms with van der Waals surface area (Å²) >= 11 is 0. The molecule has 0 bridgehead atoms. The first-order valence-electron chi connectivity index (χ1n) is 6.66. The van der Waals surface area contributed by atoms with Crippen molar-refractivity contribution in [2.75, 3.05) is 54.1 Å². The van der Waals surface area contributed by atoms with Gasteiger partial charge in [0.05, 0.1) is 12.7 Å². The summed E-state index contributed by atoms with van der Waals surface area (Å²) in [5, 5.41) is 0. The molecule has 0 spiro atoms. The van der Waals surface area contributed by atoms with Crippen LogP contribution in [0.5, 0.6) is 0 Å². The van der Waals surface area contributed by atoms with Gasteiger partial charge in [-0.3, -0.25) is 4.79 Å². The molecule has 2 saturated heterocycles. The highest BCUT2D eigenvalue weighted by Gasteiger charge is 2.42. The van der Waals surface area contributed by atoms with E-state index in [0.717, 1.165) is 26.1 Å². The second kappa shape index (κ2) is 5.99. The standard InChI is InChI=1S/C13H24N2O3/c1-14(2)13(16)9-17-5-4-10-8-18-12-7-15(3)6-11(10)12/h10-12H,4-9H2,1-3H3/t10-,11-,12-/m0/s1. The van der Waals surface area contributed by atoms with Gasteiger partial charge in [-0.25, -0.2) is 0 Å². The number of likely N-dealkylation sites (N-methyl/N-ethyl adjacent to an activating group) is 2. The molecule has 0 aliphatic carbocycles. The van der Waals surface area contributed by atoms with Crippen LogP contribution in [-0.2, 0) is 14.3 Å². The number of likely N-dealkylation sites (tertiary alicyclic amines) is 1. The summed E-state index contributed by atoms with van der Waals surface area (Å²) in [5.74, 6) is 1.27. The zero-order valence-corrected chi connectivity index (χ0v) is 11.6. The van der Waals surface area contributed by atoms with Crippen LogP contribution in [0.1, 0.15) is 6.42 Å². The van der Waals surface area contributed by atoms with E-state index in [-0.39, 0.29) is 12.5 Å². The van der Waals surface area contributed by atoms with Crippen LogP contribution in [0.4, 0.5) is 0 Å². The van der Waals surface area contributed by atoms with E-state index in [1.807, 2.05) is 0 Å². The third-order valence-corrected chi connectivity index (χ3v) is 3.98. The van der Waals surface area contributed by atoms with Crippen molar-refractivity contribution < 1.29 is 14.3 Å². The number of hydrogen-bond acceptors (Lipinski definition) is 4. The molecular formula is C13H24N2O3. The maximum atomic E-state index is 11.3. The van der Waals surface area contributed by atoms with E-state index in [0.29, 0.717) is 24.5 Å². The number of carbonyl (C=O) groups is 1. The molecule has 2 aliphatic rings. The first-order valence-corrected chi connectivity index (χ1v) is 6.66. The zero-order valence-electron chi connectivity index (χ0n) is 11.6. The van der Waals surface area contributed by atoms with Gasteiger partial charge in [-0.15, -0.1) is 0 Å². The molecule has 0 unspecified atom stereocenters. The third-order valence-electron chi connectivity index (χ3n) is 3.98. The highest BCUT2D eigenvalue weighted by molar-refractivity contribution is 5.76. The Balaban J connectivity index is 1.64. The predicted octanol–water partition coefficient (Wildman–Crippen LogP) is 0.0579. The molecule has 0 aromatic rings. The lowest BCUT2D eigenvalue weighted by Crippen LogP contribution is -2.27. The van der Waals surface area contributed by atoms with Gasteiger partial charge in [-0.1, -0.05) is 0 Å². The lowest BCUT2D eigenvalue weighted by atomic mass is 9.91. The molecule has 0 saturated carbocycles. The van der Waals surface area contributed by atoms with Crippen molar-refractivity contribution in [3.05, 3.63) is 0 Å². The Hall–Kier alpha value is -0.650. The molecule has 0 radical (unpaired) electrons. The minimum absolute atomic E-state index is 0.0242. The molecule has 0 aromatic carbocycles. The van der Waals surface area contributed by atoms with Crippen molar-refractivity contribution >= 4 is 5.91 Å². The van der Waals surface area contributed by atoms with Crippen LogP contribution < -0.4 is 0 Å². The van der Waals surface area contributed by atoms with Gasteiger partial charge in [0.15, 0.2) is 0 Å². The first-order chi connectivity index (χ1) is 8.58. The van der Waals surface area contributed by atoms with Crippen molar-refractivity contribution in [3.63, 3.8) is 0 Å². The SMILES string of the molecule is CN1C[C@H]2[C@@H](CCOCC(=O)N(C)C)CO[C@H]2C1. The van der Waals surface area contributed by atoms with Gasteiger partial charge < -0.3 is 19.3 Å². The second-order valence-electron chi connectivity index (χ2n) is 5.65. The van der Waals surface area contributed by atoms with Crippen LogP contribution in [0.25, 0.3) is 0 Å². The summed E-state index contributed by atoms with van der Waals surface area (Å²) < 4.78 is 11.2. The van der Waals surface area contributed by atoms with E-state index in [2.05, 4.69) is 11.9 Å². The highest BCUT2D eigenvalue weighted by atomic mass is 16.5. The quantitative estimate of drug-likeness (QED) is 0.652. The Morgan fingerprint density at radius 2 is 2.22 bits per heavy atom. The molecule has 5 heteroatoms. The number of amides is 1. The molecule has 2 heterocycles. The lowest BCUT2D eigenvalue weighted by Gasteiger charge is -2.17. The fourth-order valence-corrected chi connectivity index (χ4v) is 2.81. The number of ether oxygens (including phenoxy) is 2. The van der Waals surface area contributed by atoms with Gasteiger partial charge in [0.1, 0.15) is 6.61 Å². The Labute approximate surface area is 109 Å². The van der Waals surface area contributed by atoms with Crippen LogP contribution in [0.3, 0.4) is 0 Å². The monoisotopic (exact) mass is 256 g/mol. The summed E-state index contributed by atoms with van der Waals surface area (Å²) in [6.45, 7) is 3.89. The van der Waals surface area contributed by atoms with Crippen molar-refractivity contribution in [3.8, 4) is 0 Å². The molecule has 18 heavy (non-hydrogen) atoms. The molecule has 2 rings (SSSR count). The summed E-state index contributed by atoms with van der Waals surface area (Å²) in [5.41, 5.74) is 0. The Morgan fingerprint density at radius 1 is 1.44 bits per heavy atom. The minimum atomic E-state index is 0.0242. The lowest BCUT2D eigenvalue weighted by molar-refractivity contribution is -0.133. The number of hydrogen-bond donors (Lipinski definition) is 0. The van der Waals surface area contributed by atoms with Crippen molar-refractivity contribution in [2.45, 2.75) is 12.5 Å². The van der Waals surface area contributed by atoms with E-state index in [1.165, 1.54) is 0 Å². The topological polar surface area (TPSA) is 42.0 Å². The van der Waals surface area contributed by atoms with E-state index in [4.69, 9.17) is 9.47 Å². The van der Waals surface area contributed by atoms with Crippen LogP contribution in [0.15, 0.2) is 0 Å². The second-order valence-corrected chi connectivity index (χ2v) is 5.65. The highest BCUT2D eigenvalue weighted by Crippen LogP contribution is 2.34. The van der Waals surface area contributed by atoms with Crippen LogP contribution in [0.2, 0.25) is 0 Å². The van der Waals surface area contributed by atoms with Crippen molar-refractivity contribution in [1.82, 2.24) is 9.80 Å². The number of carbonyl (C=O) groups excluding carboxylic acids is 1. The molecule has 0 aromatic heterocycles. The van der Waals surface area contributed by atoms with E-state index in [9.17, 15) is 4.79 Å². The number of fused-ring (bicyclic) bond motifs is 1. The molecule has 5 nitrogen and oxygen atoms in total. The summed E-state index contributed by atoms with van der Waals surface area (Å²) in [6.07, 6.45) is 1.42. The number of nitrogens with zero attached hydrogens (tertiary/aromatic N) is 2. The zero-order chi connectivity index (χ0) is 13.1. The Kier molecular flexibility index (Phi) is 4.59. The van der Waals surface area contributed by atoms with Gasteiger partial charge >= 0.3 is 0 Å². The average Bonchev–Trinajstić information content (AvgIpc) is 2.84. The molecular weight excluding hydrogens is 232 g/mol. The number of rotatable bonds is 5. The summed E-state index contributed by atoms with van der Waals surface area (Å²) in [4.78, 5) is 15.2. The molecule has 1 amide bonds. The van der Waals surface area contributed by atoms with Gasteiger partial charge in [0.25, 0.3) is 0 Å². The maximum Gasteiger partial charge on any atom is 0.248 e. The van der Waals surface area contributed by atoms with Crippen molar-refractivity contribution in [2.24, 2.45) is 11.8 Å². The smallest absolute Gasteiger partial charge is 0.248 e. The molecule has 104 valence electrons. The van der Waals surface area contributed by atoms with Crippen LogP contribution in [-0.4, -0.2) is 75.9 Å². The summed E-state index contributed by atoms with van der Waals surface area (Å²) in [7, 11) is 5.63. The average molecular weight is 256 g/mol. The van der Waals surface area contributed by atoms with E-state index in [1.54, 1.807) is 19.0 Å². The Bertz CT molecular complexity index is 296. The Morgan fingerprint density at radius 3 is 2.94 bits per heavy atom. The van der Waals surface area contributed by atoms with Crippen LogP contribution in [0, 0.1) is 11.8 Å². The molecule has 2 fully saturated rings. The molecule has 3 atom stereocenters. The normalized spacial score (nSPS) is 31.6. The maximum absolute atomic E-state index is 11.3. The van der Waals surface area contributed by atoms with Crippen LogP contribution >= 0.6 is 0 Å². The van der Waals surface area contributed by atoms with Gasteiger partial charge in [-0.05, 0) is 19.4 Å². The molecule has 2 aliphatic heterocycles. The largest absolute Gasteiger partial charge is 0.376 e. The summed E-state index contributed by atoms with van der Waals surface area (Å²) in [6, 6.07) is 0. The van der Waals surface area contributed by atoms with E-state index >= 15 is 0 Å². The van der Waals surface area contributed by atoms with Gasteiger partial charge in [0, 0.05) is 39.7 Å². The minimum Gasteiger partial charge on any atom is -0.376 e. The van der Waals surface area contributed by atoms with Crippen molar-refractivity contribution in [1.29, 1.82) is 0 Å². The fraction of sp³-hybridized carbons (Fsp3) is 0.923. The van der Waals surface area contributed by atoms with E-state index < -0.39 is 0 Å². The molecule has 0 N–H and O–H groups in total. The van der Waals surface area contributed by atoms with Gasteiger partial charge in [-0.2, -0.15) is 0 Å². The van der Waals surface area contributed by atoms with Gasteiger partial charge in [0.2, 0.25) is 5.91 Å². The third kappa shape index (κ3) is 3.22.